The molecule has 2 saturated carbocycles. The average Bonchev–Trinajstić information content (AvgIpc) is 3.49. The number of Topliss-reactive ketones (excluding diaryl/α,β-unsaturated/α-hetero) is 1. The molecule has 5 rings (SSSR count). The van der Waals surface area contributed by atoms with Crippen molar-refractivity contribution in [1.82, 2.24) is 4.57 Å². The maximum Gasteiger partial charge on any atom is 0.254 e. The van der Waals surface area contributed by atoms with Crippen LogP contribution in [0.1, 0.15) is 53.2 Å². The van der Waals surface area contributed by atoms with E-state index in [1.54, 1.807) is 12.3 Å². The average molecular weight is 472 g/mol. The zero-order valence-corrected chi connectivity index (χ0v) is 20.4. The summed E-state index contributed by atoms with van der Waals surface area (Å²) in [6, 6.07) is 19.0. The maximum absolute atomic E-state index is 13.0. The second-order valence-electron chi connectivity index (χ2n) is 10.6. The molecule has 0 spiro atoms. The molecule has 4 atom stereocenters. The zero-order valence-electron chi connectivity index (χ0n) is 20.4. The fourth-order valence-electron chi connectivity index (χ4n) is 5.77. The number of pyridine rings is 1. The third-order valence-electron chi connectivity index (χ3n) is 7.79. The van der Waals surface area contributed by atoms with Gasteiger partial charge in [0.25, 0.3) is 5.56 Å². The predicted molar refractivity (Wildman–Crippen MR) is 136 cm³/mol. The predicted octanol–water partition coefficient (Wildman–Crippen LogP) is 4.96. The van der Waals surface area contributed by atoms with E-state index < -0.39 is 5.60 Å². The summed E-state index contributed by atoms with van der Waals surface area (Å²) >= 11 is 0. The summed E-state index contributed by atoms with van der Waals surface area (Å²) < 4.78 is 7.14. The molecule has 5 nitrogen and oxygen atoms in total. The number of aliphatic hydroxyl groups is 1. The van der Waals surface area contributed by atoms with E-state index in [4.69, 9.17) is 4.74 Å². The Balaban J connectivity index is 1.19. The topological polar surface area (TPSA) is 68.5 Å². The van der Waals surface area contributed by atoms with Crippen molar-refractivity contribution < 1.29 is 14.6 Å². The number of ketones is 1. The first-order chi connectivity index (χ1) is 16.8. The smallest absolute Gasteiger partial charge is 0.254 e. The van der Waals surface area contributed by atoms with Crippen molar-refractivity contribution in [3.8, 4) is 5.75 Å². The van der Waals surface area contributed by atoms with E-state index in [0.29, 0.717) is 29.8 Å². The Bertz CT molecular complexity index is 1280. The lowest BCUT2D eigenvalue weighted by molar-refractivity contribution is 0.0182. The Morgan fingerprint density at radius 3 is 2.60 bits per heavy atom. The van der Waals surface area contributed by atoms with E-state index in [0.717, 1.165) is 42.7 Å². The second kappa shape index (κ2) is 9.46. The number of aryl methyl sites for hydroxylation is 1. The van der Waals surface area contributed by atoms with Gasteiger partial charge in [-0.15, -0.1) is 0 Å². The Labute approximate surface area is 206 Å². The van der Waals surface area contributed by atoms with Crippen LogP contribution >= 0.6 is 0 Å². The quantitative estimate of drug-likeness (QED) is 0.472. The van der Waals surface area contributed by atoms with Gasteiger partial charge in [0.1, 0.15) is 12.4 Å². The van der Waals surface area contributed by atoms with Crippen LogP contribution < -0.4 is 10.3 Å². The molecule has 1 N–H and O–H groups in total. The number of rotatable bonds is 8. The van der Waals surface area contributed by atoms with Crippen LogP contribution in [0.3, 0.4) is 0 Å². The molecule has 35 heavy (non-hydrogen) atoms. The van der Waals surface area contributed by atoms with Gasteiger partial charge >= 0.3 is 0 Å². The van der Waals surface area contributed by atoms with Gasteiger partial charge in [-0.2, -0.15) is 0 Å². The lowest BCUT2D eigenvalue weighted by Crippen LogP contribution is -2.27. The summed E-state index contributed by atoms with van der Waals surface area (Å²) in [7, 11) is 0. The molecule has 1 heterocycles. The molecule has 0 radical (unpaired) electrons. The fraction of sp³-hybridized carbons (Fsp3) is 0.400. The Hall–Kier alpha value is -3.18. The Morgan fingerprint density at radius 1 is 1.09 bits per heavy atom. The fourth-order valence-corrected chi connectivity index (χ4v) is 5.77. The molecule has 2 aromatic carbocycles. The lowest BCUT2D eigenvalue weighted by Gasteiger charge is -2.26. The van der Waals surface area contributed by atoms with Gasteiger partial charge in [-0.1, -0.05) is 48.5 Å². The molecule has 4 unspecified atom stereocenters. The van der Waals surface area contributed by atoms with Crippen LogP contribution in [0, 0.1) is 24.7 Å². The monoisotopic (exact) mass is 471 g/mol. The van der Waals surface area contributed by atoms with Crippen molar-refractivity contribution >= 4 is 5.78 Å². The van der Waals surface area contributed by atoms with Crippen LogP contribution in [0.5, 0.6) is 5.75 Å². The number of aromatic nitrogens is 1. The van der Waals surface area contributed by atoms with E-state index in [-0.39, 0.29) is 17.9 Å². The minimum atomic E-state index is -0.508. The number of ether oxygens (including phenoxy) is 1. The molecular weight excluding hydrogens is 438 g/mol. The summed E-state index contributed by atoms with van der Waals surface area (Å²) in [5, 5.41) is 10.4. The van der Waals surface area contributed by atoms with Crippen molar-refractivity contribution in [3.05, 3.63) is 99.5 Å². The van der Waals surface area contributed by atoms with Crippen molar-refractivity contribution in [1.29, 1.82) is 0 Å². The molecule has 0 aliphatic heterocycles. The first kappa shape index (κ1) is 23.6. The van der Waals surface area contributed by atoms with Gasteiger partial charge in [-0.3, -0.25) is 9.59 Å². The molecule has 1 aromatic heterocycles. The molecule has 5 heteroatoms. The molecular formula is C30H33NO4. The maximum atomic E-state index is 13.0. The number of benzene rings is 2. The largest absolute Gasteiger partial charge is 0.489 e. The number of carbonyl (C=O) groups is 1. The van der Waals surface area contributed by atoms with Gasteiger partial charge in [-0.25, -0.2) is 0 Å². The van der Waals surface area contributed by atoms with Crippen LogP contribution in [0.2, 0.25) is 0 Å². The molecule has 0 saturated heterocycles. The number of fused-ring (bicyclic) bond motifs is 1. The summed E-state index contributed by atoms with van der Waals surface area (Å²) in [6.07, 6.45) is 5.54. The summed E-state index contributed by atoms with van der Waals surface area (Å²) in [5.41, 5.74) is 3.10. The van der Waals surface area contributed by atoms with Crippen LogP contribution in [0.15, 0.2) is 71.7 Å². The van der Waals surface area contributed by atoms with Crippen LogP contribution in [-0.4, -0.2) is 21.1 Å². The number of carbonyl (C=O) groups excluding carboxylic acids is 1. The normalized spacial score (nSPS) is 25.1. The van der Waals surface area contributed by atoms with Crippen LogP contribution in [-0.2, 0) is 19.6 Å². The van der Waals surface area contributed by atoms with Crippen molar-refractivity contribution in [2.45, 2.75) is 58.3 Å². The van der Waals surface area contributed by atoms with Crippen LogP contribution in [0.4, 0.5) is 0 Å². The summed E-state index contributed by atoms with van der Waals surface area (Å²) in [5.74, 6) is 2.43. The van der Waals surface area contributed by atoms with Crippen molar-refractivity contribution in [2.75, 3.05) is 0 Å². The van der Waals surface area contributed by atoms with E-state index in [9.17, 15) is 14.7 Å². The second-order valence-corrected chi connectivity index (χ2v) is 10.6. The summed E-state index contributed by atoms with van der Waals surface area (Å²) in [4.78, 5) is 25.6. The molecule has 2 aliphatic carbocycles. The van der Waals surface area contributed by atoms with Gasteiger partial charge in [0.15, 0.2) is 5.78 Å². The molecule has 182 valence electrons. The SMILES string of the molecule is Cc1cc(CC2C3CCC(C)(O)CC32)ccc1C(=O)Cn1ccc(OCc2ccccc2)cc1=O. The Kier molecular flexibility index (Phi) is 6.37. The third-order valence-corrected chi connectivity index (χ3v) is 7.79. The minimum Gasteiger partial charge on any atom is -0.489 e. The van der Waals surface area contributed by atoms with E-state index >= 15 is 0 Å². The number of hydrogen-bond acceptors (Lipinski definition) is 4. The highest BCUT2D eigenvalue weighted by molar-refractivity contribution is 5.97. The van der Waals surface area contributed by atoms with Gasteiger partial charge < -0.3 is 14.4 Å². The molecule has 3 aromatic rings. The highest BCUT2D eigenvalue weighted by atomic mass is 16.5. The molecule has 2 fully saturated rings. The Morgan fingerprint density at radius 2 is 1.89 bits per heavy atom. The van der Waals surface area contributed by atoms with E-state index in [2.05, 4.69) is 6.07 Å². The molecule has 0 amide bonds. The molecule has 0 bridgehead atoms. The molecule has 2 aliphatic rings. The van der Waals surface area contributed by atoms with Crippen molar-refractivity contribution in [2.24, 2.45) is 17.8 Å². The number of nitrogens with zero attached hydrogens (tertiary/aromatic N) is 1. The highest BCUT2D eigenvalue weighted by Gasteiger charge is 2.54. The van der Waals surface area contributed by atoms with Gasteiger partial charge in [0, 0.05) is 17.8 Å². The van der Waals surface area contributed by atoms with E-state index in [1.165, 1.54) is 16.2 Å². The first-order valence-corrected chi connectivity index (χ1v) is 12.5. The third kappa shape index (κ3) is 5.40. The lowest BCUT2D eigenvalue weighted by atomic mass is 9.87. The summed E-state index contributed by atoms with van der Waals surface area (Å²) in [6.45, 7) is 4.31. The standard InChI is InChI=1S/C30H33NO4/c1-20-14-22(15-26-25-10-12-30(2,34)17-27(25)26)8-9-24(20)28(32)18-31-13-11-23(16-29(31)33)35-19-21-6-4-3-5-7-21/h3-9,11,13-14,16,25-27,34H,10,12,15,17-19H2,1-2H3. The highest BCUT2D eigenvalue weighted by Crippen LogP contribution is 2.58. The van der Waals surface area contributed by atoms with Gasteiger partial charge in [-0.05, 0) is 80.0 Å². The van der Waals surface area contributed by atoms with E-state index in [1.807, 2.05) is 56.3 Å². The first-order valence-electron chi connectivity index (χ1n) is 12.5. The minimum absolute atomic E-state index is 0.000158. The number of hydrogen-bond donors (Lipinski definition) is 1. The van der Waals surface area contributed by atoms with Gasteiger partial charge in [0.05, 0.1) is 12.1 Å². The van der Waals surface area contributed by atoms with Crippen LogP contribution in [0.25, 0.3) is 0 Å². The zero-order chi connectivity index (χ0) is 24.6. The van der Waals surface area contributed by atoms with Gasteiger partial charge in [0.2, 0.25) is 0 Å². The van der Waals surface area contributed by atoms with Crippen molar-refractivity contribution in [3.63, 3.8) is 0 Å².